The third-order valence-corrected chi connectivity index (χ3v) is 4.36. The molecule has 0 spiro atoms. The van der Waals surface area contributed by atoms with Crippen LogP contribution in [0.15, 0.2) is 46.4 Å². The molecule has 6 heteroatoms. The van der Waals surface area contributed by atoms with Crippen molar-refractivity contribution in [2.45, 2.75) is 26.4 Å². The van der Waals surface area contributed by atoms with E-state index in [0.717, 1.165) is 15.2 Å². The summed E-state index contributed by atoms with van der Waals surface area (Å²) in [5.41, 5.74) is 1.94. The molecular formula is C19H18BrClN2O2. The Morgan fingerprint density at radius 3 is 2.64 bits per heavy atom. The van der Waals surface area contributed by atoms with E-state index in [-0.39, 0.29) is 6.54 Å². The Morgan fingerprint density at radius 2 is 2.04 bits per heavy atom. The van der Waals surface area contributed by atoms with E-state index in [4.69, 9.17) is 21.6 Å². The molecule has 0 N–H and O–H groups in total. The number of hydrogen-bond donors (Lipinski definition) is 0. The van der Waals surface area contributed by atoms with Crippen molar-refractivity contribution < 1.29 is 9.53 Å². The van der Waals surface area contributed by atoms with Gasteiger partial charge in [0, 0.05) is 16.6 Å². The summed E-state index contributed by atoms with van der Waals surface area (Å²) in [4.78, 5) is 14.1. The molecule has 0 aromatic heterocycles. The van der Waals surface area contributed by atoms with Gasteiger partial charge >= 0.3 is 6.09 Å². The van der Waals surface area contributed by atoms with Crippen LogP contribution in [-0.4, -0.2) is 18.2 Å². The Morgan fingerprint density at radius 1 is 1.36 bits per heavy atom. The molecule has 25 heavy (non-hydrogen) atoms. The van der Waals surface area contributed by atoms with Crippen LogP contribution in [0.25, 0.3) is 10.8 Å². The smallest absolute Gasteiger partial charge is 0.415 e. The number of carbonyl (C=O) groups excluding carboxylic acids is 1. The number of amides is 1. The van der Waals surface area contributed by atoms with Crippen LogP contribution in [0, 0.1) is 11.3 Å². The van der Waals surface area contributed by atoms with Crippen LogP contribution in [0.3, 0.4) is 0 Å². The van der Waals surface area contributed by atoms with Crippen LogP contribution >= 0.6 is 27.5 Å². The van der Waals surface area contributed by atoms with Gasteiger partial charge in [0.15, 0.2) is 0 Å². The zero-order chi connectivity index (χ0) is 18.6. The van der Waals surface area contributed by atoms with Crippen LogP contribution in [0.1, 0.15) is 26.3 Å². The van der Waals surface area contributed by atoms with E-state index < -0.39 is 11.7 Å². The lowest BCUT2D eigenvalue weighted by atomic mass is 10.1. The zero-order valence-corrected chi connectivity index (χ0v) is 16.6. The normalized spacial score (nSPS) is 11.5. The van der Waals surface area contributed by atoms with E-state index in [1.165, 1.54) is 10.4 Å². The summed E-state index contributed by atoms with van der Waals surface area (Å²) < 4.78 is 6.22. The Bertz CT molecular complexity index is 866. The topological polar surface area (TPSA) is 53.3 Å². The first-order valence-corrected chi connectivity index (χ1v) is 8.88. The number of halogens is 2. The van der Waals surface area contributed by atoms with E-state index in [1.54, 1.807) is 18.2 Å². The molecule has 0 bridgehead atoms. The molecule has 0 unspecified atom stereocenters. The SMILES string of the molecule is CC(C)(C)OC(=O)N(C/C=C/Cl)c1ccc2ccc(C#N)cc2c1Br. The quantitative estimate of drug-likeness (QED) is 0.613. The van der Waals surface area contributed by atoms with Gasteiger partial charge in [-0.3, -0.25) is 4.90 Å². The molecule has 0 saturated carbocycles. The van der Waals surface area contributed by atoms with E-state index in [2.05, 4.69) is 22.0 Å². The first-order valence-electron chi connectivity index (χ1n) is 7.65. The average molecular weight is 422 g/mol. The molecule has 1 amide bonds. The number of anilines is 1. The maximum Gasteiger partial charge on any atom is 0.415 e. The lowest BCUT2D eigenvalue weighted by Crippen LogP contribution is -2.37. The minimum atomic E-state index is -0.614. The van der Waals surface area contributed by atoms with Gasteiger partial charge in [0.2, 0.25) is 0 Å². The number of benzene rings is 2. The van der Waals surface area contributed by atoms with Gasteiger partial charge in [-0.1, -0.05) is 29.8 Å². The van der Waals surface area contributed by atoms with Gasteiger partial charge in [0.25, 0.3) is 0 Å². The third-order valence-electron chi connectivity index (χ3n) is 3.35. The highest BCUT2D eigenvalue weighted by Crippen LogP contribution is 2.35. The van der Waals surface area contributed by atoms with E-state index in [1.807, 2.05) is 39.0 Å². The number of nitriles is 1. The van der Waals surface area contributed by atoms with Crippen molar-refractivity contribution in [1.29, 1.82) is 5.26 Å². The first kappa shape index (κ1) is 19.3. The fourth-order valence-corrected chi connectivity index (χ4v) is 3.05. The number of nitrogens with zero attached hydrogens (tertiary/aromatic N) is 2. The molecule has 2 rings (SSSR count). The van der Waals surface area contributed by atoms with Crippen LogP contribution in [0.5, 0.6) is 0 Å². The number of ether oxygens (including phenoxy) is 1. The van der Waals surface area contributed by atoms with Gasteiger partial charge in [-0.05, 0) is 65.7 Å². The predicted octanol–water partition coefficient (Wildman–Crippen LogP) is 5.97. The van der Waals surface area contributed by atoms with Crippen LogP contribution in [0.4, 0.5) is 10.5 Å². The number of hydrogen-bond acceptors (Lipinski definition) is 3. The Balaban J connectivity index is 2.54. The molecular weight excluding hydrogens is 404 g/mol. The molecule has 0 atom stereocenters. The Kier molecular flexibility index (Phi) is 6.10. The second-order valence-corrected chi connectivity index (χ2v) is 7.44. The minimum absolute atomic E-state index is 0.264. The fourth-order valence-electron chi connectivity index (χ4n) is 2.28. The summed E-state index contributed by atoms with van der Waals surface area (Å²) in [7, 11) is 0. The monoisotopic (exact) mass is 420 g/mol. The molecule has 0 saturated heterocycles. The maximum atomic E-state index is 12.6. The highest BCUT2D eigenvalue weighted by Gasteiger charge is 2.24. The molecule has 0 aliphatic carbocycles. The lowest BCUT2D eigenvalue weighted by Gasteiger charge is -2.27. The summed E-state index contributed by atoms with van der Waals surface area (Å²) in [6.07, 6.45) is 1.19. The van der Waals surface area contributed by atoms with Crippen LogP contribution < -0.4 is 4.90 Å². The van der Waals surface area contributed by atoms with Crippen molar-refractivity contribution in [2.24, 2.45) is 0 Å². The third kappa shape index (κ3) is 4.75. The molecule has 2 aromatic carbocycles. The van der Waals surface area contributed by atoms with Crippen molar-refractivity contribution in [1.82, 2.24) is 0 Å². The van der Waals surface area contributed by atoms with Gasteiger partial charge in [0.05, 0.1) is 17.3 Å². The van der Waals surface area contributed by atoms with Crippen molar-refractivity contribution in [3.05, 3.63) is 52.0 Å². The van der Waals surface area contributed by atoms with Gasteiger partial charge in [-0.15, -0.1) is 0 Å². The molecule has 4 nitrogen and oxygen atoms in total. The molecule has 2 aromatic rings. The van der Waals surface area contributed by atoms with Gasteiger partial charge in [-0.2, -0.15) is 5.26 Å². The lowest BCUT2D eigenvalue weighted by molar-refractivity contribution is 0.0584. The Hall–Kier alpha value is -2.03. The summed E-state index contributed by atoms with van der Waals surface area (Å²) in [6, 6.07) is 11.3. The van der Waals surface area contributed by atoms with Crippen molar-refractivity contribution in [2.75, 3.05) is 11.4 Å². The van der Waals surface area contributed by atoms with Crippen molar-refractivity contribution in [3.8, 4) is 6.07 Å². The zero-order valence-electron chi connectivity index (χ0n) is 14.2. The standard InChI is InChI=1S/C19H18BrClN2O2/c1-19(2,3)25-18(24)23(10-4-9-21)16-8-7-14-6-5-13(12-22)11-15(14)17(16)20/h4-9,11H,10H2,1-3H3/b9-4+. The summed E-state index contributed by atoms with van der Waals surface area (Å²) in [5.74, 6) is 0. The van der Waals surface area contributed by atoms with E-state index in [0.29, 0.717) is 11.3 Å². The van der Waals surface area contributed by atoms with Crippen LogP contribution in [0.2, 0.25) is 0 Å². The minimum Gasteiger partial charge on any atom is -0.443 e. The van der Waals surface area contributed by atoms with Gasteiger partial charge in [-0.25, -0.2) is 4.79 Å². The first-order chi connectivity index (χ1) is 11.8. The molecule has 130 valence electrons. The number of fused-ring (bicyclic) bond motifs is 1. The highest BCUT2D eigenvalue weighted by atomic mass is 79.9. The summed E-state index contributed by atoms with van der Waals surface area (Å²) >= 11 is 9.21. The second kappa shape index (κ2) is 7.90. The molecule has 0 aliphatic heterocycles. The number of carbonyl (C=O) groups is 1. The second-order valence-electron chi connectivity index (χ2n) is 6.40. The van der Waals surface area contributed by atoms with Crippen molar-refractivity contribution in [3.63, 3.8) is 0 Å². The Labute approximate surface area is 160 Å². The summed E-state index contributed by atoms with van der Waals surface area (Å²) in [6.45, 7) is 5.71. The van der Waals surface area contributed by atoms with E-state index >= 15 is 0 Å². The fraction of sp³-hybridized carbons (Fsp3) is 0.263. The number of rotatable bonds is 3. The van der Waals surface area contributed by atoms with Crippen LogP contribution in [-0.2, 0) is 4.74 Å². The van der Waals surface area contributed by atoms with E-state index in [9.17, 15) is 4.79 Å². The predicted molar refractivity (Wildman–Crippen MR) is 105 cm³/mol. The average Bonchev–Trinajstić information content (AvgIpc) is 2.55. The van der Waals surface area contributed by atoms with Gasteiger partial charge in [0.1, 0.15) is 5.60 Å². The molecule has 0 fully saturated rings. The van der Waals surface area contributed by atoms with Gasteiger partial charge < -0.3 is 4.74 Å². The molecule has 0 aliphatic rings. The maximum absolute atomic E-state index is 12.6. The largest absolute Gasteiger partial charge is 0.443 e. The highest BCUT2D eigenvalue weighted by molar-refractivity contribution is 9.10. The molecule has 0 heterocycles. The summed E-state index contributed by atoms with van der Waals surface area (Å²) in [5, 5.41) is 10.9. The molecule has 0 radical (unpaired) electrons. The van der Waals surface area contributed by atoms with Crippen molar-refractivity contribution >= 4 is 50.1 Å².